The second kappa shape index (κ2) is 35.5. The SMILES string of the molecule is CCCC[NH+](CCCC)CCCC.C[NH+](C)c1ccccc1.Fc1c(F)c(F)c([B-](c2c(F)c(F)c(F)c(F)c2F)(c2c(F)c(F)c(F)c(F)c2F)c2c(F)c(F)c(F)c(F)c2F)c(F)c1F.Fc1c(F)c(F)c([B-](c2c(F)c(F)c(F)c(F)c2F)(c2c(F)c(F)c(F)c(F)c2F)c2c(F)c(F)c(F)c(F)c2F)c(F)c1F. The molecule has 0 saturated heterocycles. The van der Waals surface area contributed by atoms with Crippen LogP contribution in [0.1, 0.15) is 59.3 Å². The van der Waals surface area contributed by atoms with E-state index in [0.717, 1.165) is 0 Å². The van der Waals surface area contributed by atoms with Crippen molar-refractivity contribution in [3.63, 3.8) is 0 Å². The zero-order chi connectivity index (χ0) is 85.3. The van der Waals surface area contributed by atoms with E-state index < -0.39 is 289 Å². The molecule has 44 heteroatoms. The number of quaternary nitrogens is 2. The molecule has 0 aliphatic rings. The first-order chi connectivity index (χ1) is 52.1. The summed E-state index contributed by atoms with van der Waals surface area (Å²) in [6.07, 6.45) is -6.17. The number of hydrogen-bond donors (Lipinski definition) is 2. The molecule has 0 saturated carbocycles. The third-order valence-electron chi connectivity index (χ3n) is 17.4. The van der Waals surface area contributed by atoms with Crippen LogP contribution in [-0.4, -0.2) is 46.0 Å². The van der Waals surface area contributed by atoms with E-state index in [0.29, 0.717) is 0 Å². The van der Waals surface area contributed by atoms with E-state index in [-0.39, 0.29) is 0 Å². The molecule has 9 rings (SSSR count). The minimum absolute atomic E-state index is 1.33. The Balaban J connectivity index is 0.000000274. The first kappa shape index (κ1) is 91.1. The number of nitrogens with one attached hydrogen (secondary N) is 2. The van der Waals surface area contributed by atoms with Gasteiger partial charge in [-0.15, -0.1) is 43.7 Å². The highest BCUT2D eigenvalue weighted by Crippen LogP contribution is 2.35. The standard InChI is InChI=1S/2C24BF20.C12H27N.C8H11N/c2*26-5-1(6(27)14(35)21(42)13(5)34)25(2-7(28)15(36)22(43)16(37)8(2)29,3-9(30)17(38)23(44)18(39)10(3)31)4-11(32)19(40)24(45)20(41)12(4)33;1-4-7-10-13(11-8-5-2)12-9-6-3;1-9(2)8-6-4-3-5-7-8/h;;4-12H2,1-3H3;3-7H,1-2H3/q2*-1;;/p+2. The van der Waals surface area contributed by atoms with E-state index in [1.807, 2.05) is 11.0 Å². The first-order valence-electron chi connectivity index (χ1n) is 31.2. The number of benzene rings is 9. The van der Waals surface area contributed by atoms with Crippen molar-refractivity contribution in [1.29, 1.82) is 0 Å². The van der Waals surface area contributed by atoms with Crippen LogP contribution < -0.4 is 53.5 Å². The van der Waals surface area contributed by atoms with Crippen molar-refractivity contribution < 1.29 is 185 Å². The third-order valence-corrected chi connectivity index (χ3v) is 17.4. The molecule has 0 bridgehead atoms. The Labute approximate surface area is 601 Å². The molecule has 9 aromatic carbocycles. The minimum Gasteiger partial charge on any atom is -0.335 e. The van der Waals surface area contributed by atoms with E-state index in [1.54, 1.807) is 0 Å². The Kier molecular flexibility index (Phi) is 28.9. The van der Waals surface area contributed by atoms with Gasteiger partial charge in [0.05, 0.1) is 33.7 Å². The highest BCUT2D eigenvalue weighted by atomic mass is 19.2. The van der Waals surface area contributed by atoms with E-state index >= 15 is 70.2 Å². The number of unbranched alkanes of at least 4 members (excludes halogenated alkanes) is 3. The Hall–Kier alpha value is -9.77. The number of para-hydroxylation sites is 1. The molecular weight excluding hydrogens is 1630 g/mol. The quantitative estimate of drug-likeness (QED) is 0.0367. The molecule has 0 amide bonds. The number of rotatable bonds is 18. The summed E-state index contributed by atoms with van der Waals surface area (Å²) in [5.74, 6) is -143. The molecule has 0 unspecified atom stereocenters. The predicted molar refractivity (Wildman–Crippen MR) is 318 cm³/mol. The zero-order valence-corrected chi connectivity index (χ0v) is 56.0. The van der Waals surface area contributed by atoms with E-state index in [2.05, 4.69) is 59.1 Å². The van der Waals surface area contributed by atoms with Crippen LogP contribution in [0.4, 0.5) is 181 Å². The average molecular weight is 1670 g/mol. The van der Waals surface area contributed by atoms with E-state index in [4.69, 9.17) is 0 Å². The fourth-order valence-electron chi connectivity index (χ4n) is 12.2. The van der Waals surface area contributed by atoms with Gasteiger partial charge in [0, 0.05) is 0 Å². The molecule has 2 N–H and O–H groups in total. The van der Waals surface area contributed by atoms with Gasteiger partial charge in [0.1, 0.15) is 111 Å². The molecule has 608 valence electrons. The fourth-order valence-corrected chi connectivity index (χ4v) is 12.2. The maximum absolute atomic E-state index is 15.4. The topological polar surface area (TPSA) is 8.88 Å². The summed E-state index contributed by atoms with van der Waals surface area (Å²) in [6.45, 7) is 11.1. The molecule has 0 aromatic heterocycles. The lowest BCUT2D eigenvalue weighted by Crippen LogP contribution is -3.12. The van der Waals surface area contributed by atoms with Crippen LogP contribution in [0.3, 0.4) is 0 Å². The Morgan fingerprint density at radius 1 is 0.188 bits per heavy atom. The molecule has 2 nitrogen and oxygen atoms in total. The predicted octanol–water partition coefficient (Wildman–Crippen LogP) is 14.4. The molecular formula is C68H40B2F40N2. The van der Waals surface area contributed by atoms with Crippen LogP contribution in [0.15, 0.2) is 30.3 Å². The molecule has 0 atom stereocenters. The van der Waals surface area contributed by atoms with Crippen molar-refractivity contribution >= 4 is 61.7 Å². The van der Waals surface area contributed by atoms with Crippen molar-refractivity contribution in [3.8, 4) is 0 Å². The lowest BCUT2D eigenvalue weighted by atomic mass is 9.12. The summed E-state index contributed by atoms with van der Waals surface area (Å²) < 4.78 is 588. The average Bonchev–Trinajstić information content (AvgIpc) is 0.686. The largest absolute Gasteiger partial charge is 0.335 e. The number of hydrogen-bond acceptors (Lipinski definition) is 0. The van der Waals surface area contributed by atoms with Crippen LogP contribution in [0, 0.1) is 233 Å². The van der Waals surface area contributed by atoms with Crippen molar-refractivity contribution in [3.05, 3.63) is 263 Å². The van der Waals surface area contributed by atoms with Crippen molar-refractivity contribution in [2.24, 2.45) is 0 Å². The fraction of sp³-hybridized carbons (Fsp3) is 0.206. The van der Waals surface area contributed by atoms with Gasteiger partial charge in [-0.1, -0.05) is 58.2 Å². The molecule has 0 aliphatic carbocycles. The lowest BCUT2D eigenvalue weighted by Gasteiger charge is -2.44. The van der Waals surface area contributed by atoms with Crippen LogP contribution in [0.25, 0.3) is 0 Å². The van der Waals surface area contributed by atoms with Crippen LogP contribution >= 0.6 is 0 Å². The summed E-state index contributed by atoms with van der Waals surface area (Å²) in [4.78, 5) is 3.21. The van der Waals surface area contributed by atoms with E-state index in [1.165, 1.54) is 68.7 Å². The molecule has 0 radical (unpaired) electrons. The highest BCUT2D eigenvalue weighted by Gasteiger charge is 2.55. The molecule has 9 aromatic rings. The second-order valence-corrected chi connectivity index (χ2v) is 24.0. The third kappa shape index (κ3) is 15.3. The first-order valence-corrected chi connectivity index (χ1v) is 31.2. The normalized spacial score (nSPS) is 11.7. The summed E-state index contributed by atoms with van der Waals surface area (Å²) >= 11 is 0. The summed E-state index contributed by atoms with van der Waals surface area (Å²) in [5, 5.41) is 0. The number of halogens is 40. The van der Waals surface area contributed by atoms with Crippen molar-refractivity contribution in [1.82, 2.24) is 0 Å². The molecule has 0 spiro atoms. The summed E-state index contributed by atoms with van der Waals surface area (Å²) in [5.41, 5.74) is -27.3. The van der Waals surface area contributed by atoms with Gasteiger partial charge in [0.15, 0.2) is 140 Å². The molecule has 0 heterocycles. The van der Waals surface area contributed by atoms with Gasteiger partial charge >= 0.3 is 0 Å². The maximum atomic E-state index is 15.4. The monoisotopic (exact) mass is 1670 g/mol. The second-order valence-electron chi connectivity index (χ2n) is 24.0. The summed E-state index contributed by atoms with van der Waals surface area (Å²) in [6, 6.07) is 10.4. The Morgan fingerprint density at radius 3 is 0.402 bits per heavy atom. The molecule has 0 aliphatic heterocycles. The Morgan fingerprint density at radius 2 is 0.304 bits per heavy atom. The van der Waals surface area contributed by atoms with Crippen molar-refractivity contribution in [2.75, 3.05) is 33.7 Å². The lowest BCUT2D eigenvalue weighted by molar-refractivity contribution is -0.900. The van der Waals surface area contributed by atoms with Gasteiger partial charge in [-0.25, -0.2) is 176 Å². The summed E-state index contributed by atoms with van der Waals surface area (Å²) in [7, 11) is 4.24. The maximum Gasteiger partial charge on any atom is 0.200 e. The smallest absolute Gasteiger partial charge is 0.200 e. The van der Waals surface area contributed by atoms with Gasteiger partial charge in [-0.05, 0) is 31.4 Å². The van der Waals surface area contributed by atoms with Gasteiger partial charge in [-0.3, -0.25) is 0 Å². The van der Waals surface area contributed by atoms with Gasteiger partial charge in [-0.2, -0.15) is 0 Å². The van der Waals surface area contributed by atoms with Crippen LogP contribution in [0.2, 0.25) is 0 Å². The van der Waals surface area contributed by atoms with Gasteiger partial charge < -0.3 is 9.80 Å². The Bertz CT molecular complexity index is 4050. The van der Waals surface area contributed by atoms with Gasteiger partial charge in [0.2, 0.25) is 0 Å². The zero-order valence-electron chi connectivity index (χ0n) is 56.0. The minimum atomic E-state index is -7.22. The molecule has 0 fully saturated rings. The van der Waals surface area contributed by atoms with E-state index in [9.17, 15) is 105 Å². The van der Waals surface area contributed by atoms with Crippen LogP contribution in [0.5, 0.6) is 0 Å². The van der Waals surface area contributed by atoms with Gasteiger partial charge in [0.25, 0.3) is 0 Å². The molecule has 112 heavy (non-hydrogen) atoms. The highest BCUT2D eigenvalue weighted by molar-refractivity contribution is 7.21. The van der Waals surface area contributed by atoms with Crippen LogP contribution in [-0.2, 0) is 0 Å². The van der Waals surface area contributed by atoms with Crippen molar-refractivity contribution in [2.45, 2.75) is 59.3 Å².